The number of hydrogen-bond acceptors (Lipinski definition) is 3. The van der Waals surface area contributed by atoms with Crippen molar-refractivity contribution in [2.24, 2.45) is 17.6 Å². The second-order valence-corrected chi connectivity index (χ2v) is 3.34. The maximum absolute atomic E-state index is 5.67. The van der Waals surface area contributed by atoms with Gasteiger partial charge >= 0.3 is 0 Å². The summed E-state index contributed by atoms with van der Waals surface area (Å²) in [6.07, 6.45) is 0. The molecule has 46 valence electrons. The lowest BCUT2D eigenvalue weighted by Crippen LogP contribution is -2.20. The Morgan fingerprint density at radius 3 is 2.25 bits per heavy atom. The molecule has 2 nitrogen and oxygen atoms in total. The van der Waals surface area contributed by atoms with Gasteiger partial charge in [0, 0.05) is 19.1 Å². The van der Waals surface area contributed by atoms with Gasteiger partial charge in [-0.25, -0.2) is 0 Å². The molecule has 1 aliphatic carbocycles. The Hall–Kier alpha value is 0.270. The molecular formula is C5H10N2S. The van der Waals surface area contributed by atoms with Crippen LogP contribution >= 0.6 is 12.8 Å². The van der Waals surface area contributed by atoms with Gasteiger partial charge in [-0.3, -0.25) is 4.31 Å². The van der Waals surface area contributed by atoms with E-state index in [0.29, 0.717) is 6.04 Å². The van der Waals surface area contributed by atoms with Gasteiger partial charge in [0.2, 0.25) is 0 Å². The highest BCUT2D eigenvalue weighted by Crippen LogP contribution is 2.44. The molecule has 1 unspecified atom stereocenters. The molecule has 0 aromatic heterocycles. The van der Waals surface area contributed by atoms with E-state index in [9.17, 15) is 0 Å². The molecule has 0 amide bonds. The highest BCUT2D eigenvalue weighted by molar-refractivity contribution is 7.77. The second kappa shape index (κ2) is 1.40. The molecule has 1 aliphatic heterocycles. The molecule has 8 heavy (non-hydrogen) atoms. The molecule has 2 N–H and O–H groups in total. The van der Waals surface area contributed by atoms with E-state index in [4.69, 9.17) is 5.73 Å². The van der Waals surface area contributed by atoms with Gasteiger partial charge in [0.1, 0.15) is 0 Å². The fraction of sp³-hybridized carbons (Fsp3) is 1.00. The zero-order valence-electron chi connectivity index (χ0n) is 4.62. The van der Waals surface area contributed by atoms with Gasteiger partial charge in [-0.1, -0.05) is 12.8 Å². The second-order valence-electron chi connectivity index (χ2n) is 2.78. The number of rotatable bonds is 0. The van der Waals surface area contributed by atoms with Crippen molar-refractivity contribution in [2.75, 3.05) is 13.1 Å². The average molecular weight is 130 g/mol. The Kier molecular flexibility index (Phi) is 0.892. The zero-order valence-corrected chi connectivity index (χ0v) is 5.51. The number of fused-ring (bicyclic) bond motifs is 1. The van der Waals surface area contributed by atoms with E-state index in [-0.39, 0.29) is 0 Å². The topological polar surface area (TPSA) is 29.3 Å². The van der Waals surface area contributed by atoms with Crippen LogP contribution in [0, 0.1) is 11.8 Å². The third-order valence-electron chi connectivity index (χ3n) is 2.24. The van der Waals surface area contributed by atoms with Crippen LogP contribution in [0.3, 0.4) is 0 Å². The van der Waals surface area contributed by atoms with Gasteiger partial charge in [0.15, 0.2) is 0 Å². The van der Waals surface area contributed by atoms with E-state index in [1.165, 1.54) is 0 Å². The zero-order chi connectivity index (χ0) is 5.72. The minimum Gasteiger partial charge on any atom is -0.327 e. The molecule has 1 saturated carbocycles. The molecule has 0 aromatic carbocycles. The Morgan fingerprint density at radius 2 is 1.88 bits per heavy atom. The van der Waals surface area contributed by atoms with Crippen molar-refractivity contribution in [1.82, 2.24) is 4.31 Å². The van der Waals surface area contributed by atoms with Crippen LogP contribution in [0.15, 0.2) is 0 Å². The Balaban J connectivity index is 2.00. The van der Waals surface area contributed by atoms with Crippen LogP contribution in [0.2, 0.25) is 0 Å². The van der Waals surface area contributed by atoms with Gasteiger partial charge in [-0.15, -0.1) is 0 Å². The fourth-order valence-electron chi connectivity index (χ4n) is 1.55. The number of thiol groups is 1. The summed E-state index contributed by atoms with van der Waals surface area (Å²) >= 11 is 4.20. The van der Waals surface area contributed by atoms with Crippen LogP contribution in [-0.4, -0.2) is 23.4 Å². The minimum absolute atomic E-state index is 0.512. The smallest absolute Gasteiger partial charge is 0.0134 e. The number of piperidine rings is 1. The lowest BCUT2D eigenvalue weighted by atomic mass is 10.4. The molecule has 0 spiro atoms. The Bertz CT molecular complexity index is 105. The quantitative estimate of drug-likeness (QED) is 0.442. The lowest BCUT2D eigenvalue weighted by molar-refractivity contribution is 0.503. The van der Waals surface area contributed by atoms with Crippen LogP contribution < -0.4 is 5.73 Å². The van der Waals surface area contributed by atoms with E-state index in [1.54, 1.807) is 0 Å². The molecule has 2 rings (SSSR count). The molecule has 0 bridgehead atoms. The third-order valence-corrected chi connectivity index (χ3v) is 2.57. The molecule has 0 radical (unpaired) electrons. The van der Waals surface area contributed by atoms with Gasteiger partial charge in [-0.05, 0) is 11.8 Å². The molecule has 0 aromatic rings. The van der Waals surface area contributed by atoms with Crippen LogP contribution in [0.4, 0.5) is 0 Å². The SMILES string of the molecule is NC1[C@H]2CN(S)C[C@@H]12. The normalized spacial score (nSPS) is 54.0. The summed E-state index contributed by atoms with van der Waals surface area (Å²) in [7, 11) is 0. The van der Waals surface area contributed by atoms with Crippen molar-refractivity contribution in [3.63, 3.8) is 0 Å². The molecule has 1 saturated heterocycles. The van der Waals surface area contributed by atoms with Crippen LogP contribution in [-0.2, 0) is 0 Å². The molecule has 1 heterocycles. The van der Waals surface area contributed by atoms with Crippen molar-refractivity contribution in [3.8, 4) is 0 Å². The van der Waals surface area contributed by atoms with Crippen molar-refractivity contribution in [2.45, 2.75) is 6.04 Å². The first-order valence-corrected chi connectivity index (χ1v) is 3.38. The molecule has 3 heteroatoms. The highest BCUT2D eigenvalue weighted by atomic mass is 32.1. The summed E-state index contributed by atoms with van der Waals surface area (Å²) in [6.45, 7) is 2.21. The summed E-state index contributed by atoms with van der Waals surface area (Å²) in [4.78, 5) is 0. The standard InChI is InChI=1S/C5H10N2S/c6-5-3-1-7(8)2-4(3)5/h3-5,8H,1-2,6H2/t3-,4+,5?. The first kappa shape index (κ1) is 5.09. The summed E-state index contributed by atoms with van der Waals surface area (Å²) in [5.41, 5.74) is 5.67. The lowest BCUT2D eigenvalue weighted by Gasteiger charge is -2.07. The van der Waals surface area contributed by atoms with Crippen LogP contribution in [0.1, 0.15) is 0 Å². The van der Waals surface area contributed by atoms with Gasteiger partial charge in [-0.2, -0.15) is 0 Å². The van der Waals surface area contributed by atoms with Gasteiger partial charge in [0.05, 0.1) is 0 Å². The number of hydrogen-bond donors (Lipinski definition) is 2. The maximum Gasteiger partial charge on any atom is 0.0134 e. The van der Waals surface area contributed by atoms with Crippen LogP contribution in [0.25, 0.3) is 0 Å². The highest BCUT2D eigenvalue weighted by Gasteiger charge is 2.52. The van der Waals surface area contributed by atoms with Crippen LogP contribution in [0.5, 0.6) is 0 Å². The predicted octanol–water partition coefficient (Wildman–Crippen LogP) is -0.280. The molecule has 2 fully saturated rings. The van der Waals surface area contributed by atoms with Gasteiger partial charge < -0.3 is 5.73 Å². The first-order chi connectivity index (χ1) is 3.79. The average Bonchev–Trinajstić information content (AvgIpc) is 2.29. The van der Waals surface area contributed by atoms with E-state index in [1.807, 2.05) is 0 Å². The van der Waals surface area contributed by atoms with E-state index in [2.05, 4.69) is 17.1 Å². The molecule has 3 atom stereocenters. The largest absolute Gasteiger partial charge is 0.327 e. The van der Waals surface area contributed by atoms with E-state index < -0.39 is 0 Å². The first-order valence-electron chi connectivity index (χ1n) is 2.98. The monoisotopic (exact) mass is 130 g/mol. The maximum atomic E-state index is 5.67. The summed E-state index contributed by atoms with van der Waals surface area (Å²) < 4.78 is 2.05. The van der Waals surface area contributed by atoms with E-state index >= 15 is 0 Å². The minimum atomic E-state index is 0.512. The molecule has 2 aliphatic rings. The Morgan fingerprint density at radius 1 is 1.38 bits per heavy atom. The summed E-state index contributed by atoms with van der Waals surface area (Å²) in [5, 5.41) is 0. The summed E-state index contributed by atoms with van der Waals surface area (Å²) in [5.74, 6) is 1.57. The van der Waals surface area contributed by atoms with Gasteiger partial charge in [0.25, 0.3) is 0 Å². The number of nitrogens with two attached hydrogens (primary N) is 1. The predicted molar refractivity (Wildman–Crippen MR) is 35.5 cm³/mol. The van der Waals surface area contributed by atoms with Crippen molar-refractivity contribution >= 4 is 12.8 Å². The molecular weight excluding hydrogens is 120 g/mol. The van der Waals surface area contributed by atoms with Crippen molar-refractivity contribution in [3.05, 3.63) is 0 Å². The van der Waals surface area contributed by atoms with Crippen molar-refractivity contribution in [1.29, 1.82) is 0 Å². The third kappa shape index (κ3) is 0.522. The number of nitrogens with zero attached hydrogens (tertiary/aromatic N) is 1. The summed E-state index contributed by atoms with van der Waals surface area (Å²) in [6, 6.07) is 0.512. The fourth-order valence-corrected chi connectivity index (χ4v) is 1.93. The van der Waals surface area contributed by atoms with Crippen molar-refractivity contribution < 1.29 is 0 Å². The Labute approximate surface area is 54.6 Å². The van der Waals surface area contributed by atoms with E-state index in [0.717, 1.165) is 24.9 Å².